The first-order valence-electron chi connectivity index (χ1n) is 7.23. The fourth-order valence-electron chi connectivity index (χ4n) is 2.49. The van der Waals surface area contributed by atoms with Gasteiger partial charge in [0.2, 0.25) is 0 Å². The highest BCUT2D eigenvalue weighted by Gasteiger charge is 2.19. The molecule has 0 aromatic heterocycles. The molecule has 1 saturated carbocycles. The van der Waals surface area contributed by atoms with Gasteiger partial charge in [0, 0.05) is 17.6 Å². The van der Waals surface area contributed by atoms with E-state index in [-0.39, 0.29) is 0 Å². The predicted molar refractivity (Wildman–Crippen MR) is 86.2 cm³/mol. The summed E-state index contributed by atoms with van der Waals surface area (Å²) in [6.45, 7) is 5.14. The molecule has 2 aromatic carbocycles. The molecule has 0 bridgehead atoms. The standard InChI is InChI=1S/C18H20ClN/c1-12-9-18(19)13(2)8-17(12)15-5-3-4-14(10-15)11-20-16-6-7-16/h3-5,8-10,16,20H,6-7,11H2,1-2H3. The monoisotopic (exact) mass is 285 g/mol. The lowest BCUT2D eigenvalue weighted by Crippen LogP contribution is -2.15. The highest BCUT2D eigenvalue weighted by atomic mass is 35.5. The fraction of sp³-hybridized carbons (Fsp3) is 0.333. The van der Waals surface area contributed by atoms with Crippen molar-refractivity contribution in [3.63, 3.8) is 0 Å². The number of nitrogens with one attached hydrogen (secondary N) is 1. The van der Waals surface area contributed by atoms with Crippen molar-refractivity contribution < 1.29 is 0 Å². The van der Waals surface area contributed by atoms with Crippen molar-refractivity contribution in [3.05, 3.63) is 58.1 Å². The summed E-state index contributed by atoms with van der Waals surface area (Å²) in [5, 5.41) is 4.41. The van der Waals surface area contributed by atoms with Crippen LogP contribution in [0.1, 0.15) is 29.5 Å². The molecule has 1 aliphatic rings. The second-order valence-electron chi connectivity index (χ2n) is 5.77. The van der Waals surface area contributed by atoms with Gasteiger partial charge in [-0.2, -0.15) is 0 Å². The Morgan fingerprint density at radius 1 is 1.10 bits per heavy atom. The first kappa shape index (κ1) is 13.7. The molecule has 3 rings (SSSR count). The zero-order valence-corrected chi connectivity index (χ0v) is 12.8. The van der Waals surface area contributed by atoms with Crippen molar-refractivity contribution in [1.82, 2.24) is 5.32 Å². The van der Waals surface area contributed by atoms with Gasteiger partial charge in [0.15, 0.2) is 0 Å². The molecule has 0 atom stereocenters. The summed E-state index contributed by atoms with van der Waals surface area (Å²) in [6.07, 6.45) is 2.66. The molecule has 0 spiro atoms. The third-order valence-electron chi connectivity index (χ3n) is 3.92. The van der Waals surface area contributed by atoms with Crippen molar-refractivity contribution in [2.75, 3.05) is 0 Å². The van der Waals surface area contributed by atoms with Crippen molar-refractivity contribution >= 4 is 11.6 Å². The molecule has 1 fully saturated rings. The SMILES string of the molecule is Cc1cc(-c2cccc(CNC3CC3)c2)c(C)cc1Cl. The van der Waals surface area contributed by atoms with E-state index >= 15 is 0 Å². The molecule has 1 aliphatic carbocycles. The first-order valence-corrected chi connectivity index (χ1v) is 7.61. The van der Waals surface area contributed by atoms with Crippen LogP contribution in [0, 0.1) is 13.8 Å². The average molecular weight is 286 g/mol. The second-order valence-corrected chi connectivity index (χ2v) is 6.18. The molecule has 0 unspecified atom stereocenters. The fourth-order valence-corrected chi connectivity index (χ4v) is 2.71. The Hall–Kier alpha value is -1.31. The van der Waals surface area contributed by atoms with E-state index in [9.17, 15) is 0 Å². The van der Waals surface area contributed by atoms with E-state index in [2.05, 4.69) is 55.6 Å². The molecule has 1 N–H and O–H groups in total. The predicted octanol–water partition coefficient (Wildman–Crippen LogP) is 4.88. The number of halogens is 1. The third kappa shape index (κ3) is 3.05. The van der Waals surface area contributed by atoms with E-state index in [1.165, 1.54) is 35.1 Å². The van der Waals surface area contributed by atoms with Gasteiger partial charge in [-0.15, -0.1) is 0 Å². The van der Waals surface area contributed by atoms with Gasteiger partial charge in [-0.05, 0) is 72.7 Å². The van der Waals surface area contributed by atoms with Crippen LogP contribution in [0.25, 0.3) is 11.1 Å². The maximum absolute atomic E-state index is 6.19. The largest absolute Gasteiger partial charge is 0.310 e. The molecule has 2 heteroatoms. The molecule has 20 heavy (non-hydrogen) atoms. The van der Waals surface area contributed by atoms with Crippen molar-refractivity contribution in [2.24, 2.45) is 0 Å². The quantitative estimate of drug-likeness (QED) is 0.844. The molecule has 2 aromatic rings. The number of aryl methyl sites for hydroxylation is 2. The van der Waals surface area contributed by atoms with Gasteiger partial charge < -0.3 is 5.32 Å². The van der Waals surface area contributed by atoms with Crippen LogP contribution in [0.2, 0.25) is 5.02 Å². The summed E-state index contributed by atoms with van der Waals surface area (Å²) in [7, 11) is 0. The Bertz CT molecular complexity index is 629. The second kappa shape index (κ2) is 5.59. The van der Waals surface area contributed by atoms with Gasteiger partial charge in [-0.1, -0.05) is 29.8 Å². The third-order valence-corrected chi connectivity index (χ3v) is 4.32. The Labute approximate surface area is 126 Å². The van der Waals surface area contributed by atoms with E-state index in [1.54, 1.807) is 0 Å². The normalized spacial score (nSPS) is 14.6. The summed E-state index contributed by atoms with van der Waals surface area (Å²) in [5.74, 6) is 0. The highest BCUT2D eigenvalue weighted by Crippen LogP contribution is 2.29. The molecule has 104 valence electrons. The number of hydrogen-bond donors (Lipinski definition) is 1. The molecule has 1 nitrogen and oxygen atoms in total. The zero-order valence-electron chi connectivity index (χ0n) is 12.0. The Morgan fingerprint density at radius 2 is 1.90 bits per heavy atom. The summed E-state index contributed by atoms with van der Waals surface area (Å²) < 4.78 is 0. The summed E-state index contributed by atoms with van der Waals surface area (Å²) in [5.41, 5.74) is 6.26. The van der Waals surface area contributed by atoms with Crippen LogP contribution in [0.5, 0.6) is 0 Å². The van der Waals surface area contributed by atoms with Crippen molar-refractivity contribution in [2.45, 2.75) is 39.3 Å². The minimum absolute atomic E-state index is 0.748. The van der Waals surface area contributed by atoms with Gasteiger partial charge in [0.25, 0.3) is 0 Å². The summed E-state index contributed by atoms with van der Waals surface area (Å²) in [4.78, 5) is 0. The van der Waals surface area contributed by atoms with Crippen LogP contribution in [0.4, 0.5) is 0 Å². The Kier molecular flexibility index (Phi) is 3.82. The average Bonchev–Trinajstić information content (AvgIpc) is 3.25. The summed E-state index contributed by atoms with van der Waals surface area (Å²) in [6, 6.07) is 13.8. The van der Waals surface area contributed by atoms with Crippen molar-refractivity contribution in [1.29, 1.82) is 0 Å². The van der Waals surface area contributed by atoms with Crippen LogP contribution in [-0.4, -0.2) is 6.04 Å². The topological polar surface area (TPSA) is 12.0 Å². The Morgan fingerprint density at radius 3 is 2.65 bits per heavy atom. The van der Waals surface area contributed by atoms with Gasteiger partial charge in [0.05, 0.1) is 0 Å². The number of rotatable bonds is 4. The lowest BCUT2D eigenvalue weighted by molar-refractivity contribution is 0.688. The first-order chi connectivity index (χ1) is 9.63. The van der Waals surface area contributed by atoms with E-state index < -0.39 is 0 Å². The van der Waals surface area contributed by atoms with Gasteiger partial charge >= 0.3 is 0 Å². The van der Waals surface area contributed by atoms with Gasteiger partial charge in [-0.3, -0.25) is 0 Å². The van der Waals surface area contributed by atoms with Crippen LogP contribution in [-0.2, 0) is 6.54 Å². The Balaban J connectivity index is 1.89. The maximum Gasteiger partial charge on any atom is 0.0438 e. The van der Waals surface area contributed by atoms with Crippen LogP contribution in [0.3, 0.4) is 0 Å². The molecular weight excluding hydrogens is 266 g/mol. The lowest BCUT2D eigenvalue weighted by Gasteiger charge is -2.11. The zero-order chi connectivity index (χ0) is 14.1. The van der Waals surface area contributed by atoms with E-state index in [0.29, 0.717) is 0 Å². The number of benzene rings is 2. The van der Waals surface area contributed by atoms with Crippen molar-refractivity contribution in [3.8, 4) is 11.1 Å². The van der Waals surface area contributed by atoms with Crippen LogP contribution < -0.4 is 5.32 Å². The minimum atomic E-state index is 0.748. The molecule has 0 aliphatic heterocycles. The molecule has 0 saturated heterocycles. The van der Waals surface area contributed by atoms with Gasteiger partial charge in [-0.25, -0.2) is 0 Å². The number of hydrogen-bond acceptors (Lipinski definition) is 1. The molecule has 0 radical (unpaired) electrons. The lowest BCUT2D eigenvalue weighted by atomic mass is 9.97. The molecule has 0 amide bonds. The van der Waals surface area contributed by atoms with E-state index in [0.717, 1.165) is 23.2 Å². The van der Waals surface area contributed by atoms with E-state index in [4.69, 9.17) is 11.6 Å². The maximum atomic E-state index is 6.19. The smallest absolute Gasteiger partial charge is 0.0438 e. The van der Waals surface area contributed by atoms with E-state index in [1.807, 2.05) is 0 Å². The molecule has 0 heterocycles. The minimum Gasteiger partial charge on any atom is -0.310 e. The van der Waals surface area contributed by atoms with Crippen LogP contribution >= 0.6 is 11.6 Å². The summed E-state index contributed by atoms with van der Waals surface area (Å²) >= 11 is 6.19. The molecular formula is C18H20ClN. The highest BCUT2D eigenvalue weighted by molar-refractivity contribution is 6.31. The van der Waals surface area contributed by atoms with Gasteiger partial charge in [0.1, 0.15) is 0 Å². The van der Waals surface area contributed by atoms with Crippen LogP contribution in [0.15, 0.2) is 36.4 Å².